The van der Waals surface area contributed by atoms with Crippen molar-refractivity contribution in [3.63, 3.8) is 0 Å². The van der Waals surface area contributed by atoms with E-state index in [4.69, 9.17) is 4.74 Å². The maximum atomic E-state index is 11.3. The molecule has 0 aliphatic heterocycles. The van der Waals surface area contributed by atoms with Crippen LogP contribution in [0.4, 0.5) is 5.69 Å². The third-order valence-electron chi connectivity index (χ3n) is 4.25. The number of fused-ring (bicyclic) bond motifs is 1. The molecule has 0 atom stereocenters. The molecular formula is C22H17N3O3. The van der Waals surface area contributed by atoms with E-state index >= 15 is 0 Å². The van der Waals surface area contributed by atoms with Crippen molar-refractivity contribution in [2.75, 3.05) is 0 Å². The minimum Gasteiger partial charge on any atom is -0.482 e. The molecule has 0 N–H and O–H groups in total. The topological polar surface area (TPSA) is 69.7 Å². The molecule has 2 aromatic carbocycles. The number of nitrogens with zero attached hydrogens (tertiary/aromatic N) is 3. The summed E-state index contributed by atoms with van der Waals surface area (Å²) in [5, 5.41) is 11.3. The van der Waals surface area contributed by atoms with Crippen LogP contribution in [-0.4, -0.2) is 14.3 Å². The van der Waals surface area contributed by atoms with Crippen LogP contribution in [0, 0.1) is 10.1 Å². The Bertz CT molecular complexity index is 1120. The number of nitro groups is 1. The number of aromatic nitrogens is 2. The Morgan fingerprint density at radius 1 is 1.04 bits per heavy atom. The van der Waals surface area contributed by atoms with Crippen molar-refractivity contribution in [3.05, 3.63) is 106 Å². The predicted molar refractivity (Wildman–Crippen MR) is 108 cm³/mol. The summed E-state index contributed by atoms with van der Waals surface area (Å²) >= 11 is 0. The van der Waals surface area contributed by atoms with Crippen LogP contribution in [0.5, 0.6) is 5.75 Å². The highest BCUT2D eigenvalue weighted by atomic mass is 16.6. The summed E-state index contributed by atoms with van der Waals surface area (Å²) < 4.78 is 7.66. The molecule has 4 aromatic rings. The van der Waals surface area contributed by atoms with Crippen molar-refractivity contribution in [3.8, 4) is 5.75 Å². The van der Waals surface area contributed by atoms with Crippen molar-refractivity contribution >= 4 is 23.5 Å². The maximum Gasteiger partial charge on any atom is 0.310 e. The largest absolute Gasteiger partial charge is 0.482 e. The molecule has 28 heavy (non-hydrogen) atoms. The quantitative estimate of drug-likeness (QED) is 0.354. The number of benzene rings is 2. The Labute approximate surface area is 161 Å². The molecule has 0 spiro atoms. The summed E-state index contributed by atoms with van der Waals surface area (Å²) in [5.74, 6) is 0.242. The Morgan fingerprint density at radius 2 is 1.86 bits per heavy atom. The van der Waals surface area contributed by atoms with Crippen LogP contribution in [0.2, 0.25) is 0 Å². The van der Waals surface area contributed by atoms with Gasteiger partial charge in [-0.25, -0.2) is 4.98 Å². The van der Waals surface area contributed by atoms with E-state index in [2.05, 4.69) is 4.98 Å². The van der Waals surface area contributed by atoms with Crippen LogP contribution in [0.25, 0.3) is 17.8 Å². The normalized spacial score (nSPS) is 11.1. The lowest BCUT2D eigenvalue weighted by Crippen LogP contribution is -1.99. The number of rotatable bonds is 6. The molecule has 0 amide bonds. The Balaban J connectivity index is 1.57. The van der Waals surface area contributed by atoms with Crippen molar-refractivity contribution in [2.45, 2.75) is 6.61 Å². The van der Waals surface area contributed by atoms with Crippen LogP contribution in [0.3, 0.4) is 0 Å². The predicted octanol–water partition coefficient (Wildman–Crippen LogP) is 4.99. The van der Waals surface area contributed by atoms with E-state index in [-0.39, 0.29) is 18.0 Å². The minimum absolute atomic E-state index is 0.0548. The zero-order valence-electron chi connectivity index (χ0n) is 14.9. The van der Waals surface area contributed by atoms with E-state index in [1.165, 1.54) is 6.07 Å². The van der Waals surface area contributed by atoms with Crippen molar-refractivity contribution < 1.29 is 9.66 Å². The van der Waals surface area contributed by atoms with Crippen LogP contribution in [0.1, 0.15) is 16.8 Å². The summed E-state index contributed by atoms with van der Waals surface area (Å²) in [6.07, 6.45) is 7.58. The van der Waals surface area contributed by atoms with Gasteiger partial charge in [-0.2, -0.15) is 0 Å². The van der Waals surface area contributed by atoms with Gasteiger partial charge in [-0.1, -0.05) is 42.5 Å². The molecule has 0 radical (unpaired) electrons. The first-order valence-electron chi connectivity index (χ1n) is 8.76. The second kappa shape index (κ2) is 7.75. The molecule has 0 bridgehead atoms. The van der Waals surface area contributed by atoms with Gasteiger partial charge < -0.3 is 9.14 Å². The lowest BCUT2D eigenvalue weighted by molar-refractivity contribution is -0.385. The van der Waals surface area contributed by atoms with E-state index in [0.29, 0.717) is 0 Å². The fourth-order valence-electron chi connectivity index (χ4n) is 2.85. The molecule has 4 rings (SSSR count). The monoisotopic (exact) mass is 371 g/mol. The van der Waals surface area contributed by atoms with E-state index < -0.39 is 4.92 Å². The molecule has 6 heteroatoms. The summed E-state index contributed by atoms with van der Waals surface area (Å²) in [5.41, 5.74) is 3.35. The van der Waals surface area contributed by atoms with Crippen LogP contribution >= 0.6 is 0 Å². The van der Waals surface area contributed by atoms with Crippen molar-refractivity contribution in [2.24, 2.45) is 0 Å². The molecule has 0 unspecified atom stereocenters. The minimum atomic E-state index is -0.435. The number of nitro benzene ring substituents is 1. The van der Waals surface area contributed by atoms with Gasteiger partial charge in [-0.3, -0.25) is 10.1 Å². The molecule has 0 saturated carbocycles. The van der Waals surface area contributed by atoms with Gasteiger partial charge in [-0.15, -0.1) is 0 Å². The first-order chi connectivity index (χ1) is 13.7. The third kappa shape index (κ3) is 3.91. The first-order valence-corrected chi connectivity index (χ1v) is 8.76. The van der Waals surface area contributed by atoms with Crippen LogP contribution in [-0.2, 0) is 6.61 Å². The lowest BCUT2D eigenvalue weighted by atomic mass is 10.1. The van der Waals surface area contributed by atoms with E-state index in [1.54, 1.807) is 12.1 Å². The van der Waals surface area contributed by atoms with Crippen LogP contribution < -0.4 is 4.74 Å². The highest BCUT2D eigenvalue weighted by Gasteiger charge is 2.15. The smallest absolute Gasteiger partial charge is 0.310 e. The Morgan fingerprint density at radius 3 is 2.64 bits per heavy atom. The zero-order chi connectivity index (χ0) is 19.3. The SMILES string of the molecule is O=[N+]([O-])c1ccc(/C=C/c2cn3ccccc3n2)cc1OCc1ccccc1. The van der Waals surface area contributed by atoms with E-state index in [0.717, 1.165) is 22.5 Å². The molecule has 0 fully saturated rings. The number of ether oxygens (including phenoxy) is 1. The molecule has 138 valence electrons. The summed E-state index contributed by atoms with van der Waals surface area (Å²) in [6.45, 7) is 0.265. The molecule has 2 aromatic heterocycles. The molecular weight excluding hydrogens is 354 g/mol. The average Bonchev–Trinajstić information content (AvgIpc) is 3.14. The fourth-order valence-corrected chi connectivity index (χ4v) is 2.85. The number of imidazole rings is 1. The van der Waals surface area contributed by atoms with Gasteiger partial charge in [0.1, 0.15) is 12.3 Å². The van der Waals surface area contributed by atoms with E-state index in [9.17, 15) is 10.1 Å². The molecule has 0 aliphatic rings. The van der Waals surface area contributed by atoms with Gasteiger partial charge in [0.15, 0.2) is 5.75 Å². The average molecular weight is 371 g/mol. The second-order valence-electron chi connectivity index (χ2n) is 6.22. The summed E-state index contributed by atoms with van der Waals surface area (Å²) in [6, 6.07) is 20.2. The van der Waals surface area contributed by atoms with Crippen molar-refractivity contribution in [1.29, 1.82) is 0 Å². The van der Waals surface area contributed by atoms with Gasteiger partial charge in [0, 0.05) is 18.5 Å². The Hall–Kier alpha value is -3.93. The number of hydrogen-bond acceptors (Lipinski definition) is 4. The lowest BCUT2D eigenvalue weighted by Gasteiger charge is -2.07. The highest BCUT2D eigenvalue weighted by Crippen LogP contribution is 2.29. The zero-order valence-corrected chi connectivity index (χ0v) is 14.9. The first kappa shape index (κ1) is 17.5. The van der Waals surface area contributed by atoms with Gasteiger partial charge in [0.2, 0.25) is 0 Å². The molecule has 0 saturated heterocycles. The van der Waals surface area contributed by atoms with Gasteiger partial charge in [0.05, 0.1) is 10.6 Å². The molecule has 6 nitrogen and oxygen atoms in total. The van der Waals surface area contributed by atoms with E-state index in [1.807, 2.05) is 77.5 Å². The van der Waals surface area contributed by atoms with Gasteiger partial charge in [0.25, 0.3) is 0 Å². The summed E-state index contributed by atoms with van der Waals surface area (Å²) in [7, 11) is 0. The third-order valence-corrected chi connectivity index (χ3v) is 4.25. The van der Waals surface area contributed by atoms with Crippen LogP contribution in [0.15, 0.2) is 79.1 Å². The summed E-state index contributed by atoms with van der Waals surface area (Å²) in [4.78, 5) is 15.4. The van der Waals surface area contributed by atoms with Crippen molar-refractivity contribution in [1.82, 2.24) is 9.38 Å². The maximum absolute atomic E-state index is 11.3. The van der Waals surface area contributed by atoms with Gasteiger partial charge in [-0.05, 0) is 41.5 Å². The van der Waals surface area contributed by atoms with Gasteiger partial charge >= 0.3 is 5.69 Å². The second-order valence-corrected chi connectivity index (χ2v) is 6.22. The number of hydrogen-bond donors (Lipinski definition) is 0. The standard InChI is InChI=1S/C22H17N3O3/c26-25(27)20-12-10-17(14-21(20)28-16-18-6-2-1-3-7-18)9-11-19-15-24-13-5-4-8-22(24)23-19/h1-15H,16H2/b11-9+. The number of pyridine rings is 1. The molecule has 0 aliphatic carbocycles. The molecule has 2 heterocycles. The highest BCUT2D eigenvalue weighted by molar-refractivity contribution is 5.71. The Kier molecular flexibility index (Phi) is 4.84. The fraction of sp³-hybridized carbons (Fsp3) is 0.0455.